The number of rotatable bonds is 0. The van der Waals surface area contributed by atoms with Gasteiger partial charge in [-0.05, 0) is 43.1 Å². The lowest BCUT2D eigenvalue weighted by Crippen LogP contribution is -2.40. The predicted octanol–water partition coefficient (Wildman–Crippen LogP) is 3.16. The third-order valence-corrected chi connectivity index (χ3v) is 4.23. The van der Waals surface area contributed by atoms with E-state index in [1.807, 2.05) is 7.05 Å². The second-order valence-electron chi connectivity index (χ2n) is 5.46. The lowest BCUT2D eigenvalue weighted by atomic mass is 9.83. The Morgan fingerprint density at radius 3 is 2.53 bits per heavy atom. The second kappa shape index (κ2) is 4.21. The van der Waals surface area contributed by atoms with Crippen LogP contribution >= 0.6 is 0 Å². The minimum Gasteiger partial charge on any atom is -0.365 e. The summed E-state index contributed by atoms with van der Waals surface area (Å²) in [5, 5.41) is 0. The SMILES string of the molecule is CN1CCC2(CC1)OCc1ccc(C(F)(F)F)cc12. The predicted molar refractivity (Wildman–Crippen MR) is 64.6 cm³/mol. The van der Waals surface area contributed by atoms with E-state index in [-0.39, 0.29) is 0 Å². The maximum absolute atomic E-state index is 12.8. The van der Waals surface area contributed by atoms with Gasteiger partial charge in [-0.2, -0.15) is 13.2 Å². The van der Waals surface area contributed by atoms with Crippen LogP contribution in [0.1, 0.15) is 29.5 Å². The molecule has 2 aliphatic heterocycles. The second-order valence-corrected chi connectivity index (χ2v) is 5.46. The standard InChI is InChI=1S/C14H16F3NO/c1-18-6-4-13(5-7-18)12-8-11(14(15,16)17)3-2-10(12)9-19-13/h2-3,8H,4-7,9H2,1H3. The Hall–Kier alpha value is -1.07. The number of halogens is 3. The molecule has 3 rings (SSSR count). The van der Waals surface area contributed by atoms with Crippen LogP contribution in [0.2, 0.25) is 0 Å². The van der Waals surface area contributed by atoms with Crippen molar-refractivity contribution in [1.82, 2.24) is 4.90 Å². The van der Waals surface area contributed by atoms with Crippen LogP contribution in [0.15, 0.2) is 18.2 Å². The number of likely N-dealkylation sites (tertiary alicyclic amines) is 1. The highest BCUT2D eigenvalue weighted by atomic mass is 19.4. The average molecular weight is 271 g/mol. The van der Waals surface area contributed by atoms with Crippen LogP contribution < -0.4 is 0 Å². The zero-order valence-corrected chi connectivity index (χ0v) is 10.8. The molecule has 0 unspecified atom stereocenters. The average Bonchev–Trinajstić information content (AvgIpc) is 2.71. The van der Waals surface area contributed by atoms with Gasteiger partial charge in [0.2, 0.25) is 0 Å². The number of fused-ring (bicyclic) bond motifs is 2. The first-order valence-corrected chi connectivity index (χ1v) is 6.44. The molecule has 0 aromatic heterocycles. The maximum Gasteiger partial charge on any atom is 0.416 e. The highest BCUT2D eigenvalue weighted by Gasteiger charge is 2.43. The Kier molecular flexibility index (Phi) is 2.87. The first-order valence-electron chi connectivity index (χ1n) is 6.44. The lowest BCUT2D eigenvalue weighted by Gasteiger charge is -2.37. The van der Waals surface area contributed by atoms with Crippen molar-refractivity contribution in [2.75, 3.05) is 20.1 Å². The number of piperidine rings is 1. The van der Waals surface area contributed by atoms with Crippen molar-refractivity contribution in [2.45, 2.75) is 31.2 Å². The van der Waals surface area contributed by atoms with Crippen molar-refractivity contribution in [3.63, 3.8) is 0 Å². The van der Waals surface area contributed by atoms with Crippen molar-refractivity contribution < 1.29 is 17.9 Å². The van der Waals surface area contributed by atoms with Gasteiger partial charge in [0.05, 0.1) is 17.8 Å². The summed E-state index contributed by atoms with van der Waals surface area (Å²) >= 11 is 0. The van der Waals surface area contributed by atoms with E-state index in [4.69, 9.17) is 4.74 Å². The fourth-order valence-corrected chi connectivity index (χ4v) is 2.99. The van der Waals surface area contributed by atoms with Gasteiger partial charge in [0, 0.05) is 13.1 Å². The zero-order chi connectivity index (χ0) is 13.7. The van der Waals surface area contributed by atoms with E-state index in [0.717, 1.165) is 43.1 Å². The highest BCUT2D eigenvalue weighted by molar-refractivity contribution is 5.40. The molecule has 1 aromatic carbocycles. The number of ether oxygens (including phenoxy) is 1. The van der Waals surface area contributed by atoms with Crippen LogP contribution in [0.5, 0.6) is 0 Å². The normalized spacial score (nSPS) is 22.7. The molecule has 0 bridgehead atoms. The fourth-order valence-electron chi connectivity index (χ4n) is 2.99. The molecular weight excluding hydrogens is 255 g/mol. The molecule has 0 N–H and O–H groups in total. The van der Waals surface area contributed by atoms with Gasteiger partial charge in [0.25, 0.3) is 0 Å². The lowest BCUT2D eigenvalue weighted by molar-refractivity contribution is -0.137. The van der Waals surface area contributed by atoms with Crippen LogP contribution in [0.25, 0.3) is 0 Å². The van der Waals surface area contributed by atoms with Crippen LogP contribution in [-0.2, 0) is 23.1 Å². The molecule has 0 aliphatic carbocycles. The van der Waals surface area contributed by atoms with E-state index in [1.165, 1.54) is 6.07 Å². The summed E-state index contributed by atoms with van der Waals surface area (Å²) in [7, 11) is 2.02. The molecule has 0 radical (unpaired) electrons. The van der Waals surface area contributed by atoms with Crippen LogP contribution in [0, 0.1) is 0 Å². The number of hydrogen-bond donors (Lipinski definition) is 0. The summed E-state index contributed by atoms with van der Waals surface area (Å²) in [6, 6.07) is 4.00. The Labute approximate surface area is 110 Å². The van der Waals surface area contributed by atoms with Crippen molar-refractivity contribution in [2.24, 2.45) is 0 Å². The minimum absolute atomic E-state index is 0.428. The van der Waals surface area contributed by atoms with Crippen LogP contribution in [0.4, 0.5) is 13.2 Å². The summed E-state index contributed by atoms with van der Waals surface area (Å²) < 4.78 is 44.3. The van der Waals surface area contributed by atoms with Gasteiger partial charge in [0.1, 0.15) is 0 Å². The number of alkyl halides is 3. The van der Waals surface area contributed by atoms with Gasteiger partial charge >= 0.3 is 6.18 Å². The Balaban J connectivity index is 1.99. The van der Waals surface area contributed by atoms with Gasteiger partial charge in [-0.15, -0.1) is 0 Å². The first kappa shape index (κ1) is 12.9. The van der Waals surface area contributed by atoms with Gasteiger partial charge < -0.3 is 9.64 Å². The summed E-state index contributed by atoms with van der Waals surface area (Å²) in [4.78, 5) is 2.18. The van der Waals surface area contributed by atoms with Gasteiger partial charge in [-0.3, -0.25) is 0 Å². The number of nitrogens with zero attached hydrogens (tertiary/aromatic N) is 1. The molecule has 5 heteroatoms. The topological polar surface area (TPSA) is 12.5 Å². The highest BCUT2D eigenvalue weighted by Crippen LogP contribution is 2.45. The third kappa shape index (κ3) is 2.15. The Morgan fingerprint density at radius 1 is 1.21 bits per heavy atom. The summed E-state index contributed by atoms with van der Waals surface area (Å²) in [5.41, 5.74) is 0.575. The molecule has 1 saturated heterocycles. The van der Waals surface area contributed by atoms with Crippen LogP contribution in [0.3, 0.4) is 0 Å². The first-order chi connectivity index (χ1) is 8.91. The smallest absolute Gasteiger partial charge is 0.365 e. The van der Waals surface area contributed by atoms with E-state index in [0.29, 0.717) is 6.61 Å². The molecule has 2 aliphatic rings. The largest absolute Gasteiger partial charge is 0.416 e. The van der Waals surface area contributed by atoms with Gasteiger partial charge in [-0.1, -0.05) is 6.07 Å². The third-order valence-electron chi connectivity index (χ3n) is 4.23. The van der Waals surface area contributed by atoms with E-state index in [2.05, 4.69) is 4.90 Å². The zero-order valence-electron chi connectivity index (χ0n) is 10.8. The molecule has 1 spiro atoms. The van der Waals surface area contributed by atoms with Crippen molar-refractivity contribution in [3.8, 4) is 0 Å². The molecule has 1 aromatic rings. The summed E-state index contributed by atoms with van der Waals surface area (Å²) in [6.45, 7) is 2.14. The summed E-state index contributed by atoms with van der Waals surface area (Å²) in [5.74, 6) is 0. The molecule has 19 heavy (non-hydrogen) atoms. The monoisotopic (exact) mass is 271 g/mol. The molecular formula is C14H16F3NO. The van der Waals surface area contributed by atoms with E-state index in [1.54, 1.807) is 6.07 Å². The molecule has 2 nitrogen and oxygen atoms in total. The molecule has 2 heterocycles. The van der Waals surface area contributed by atoms with Crippen molar-refractivity contribution in [3.05, 3.63) is 34.9 Å². The summed E-state index contributed by atoms with van der Waals surface area (Å²) in [6.07, 6.45) is -2.76. The van der Waals surface area contributed by atoms with Gasteiger partial charge in [-0.25, -0.2) is 0 Å². The van der Waals surface area contributed by atoms with Crippen LogP contribution in [-0.4, -0.2) is 25.0 Å². The van der Waals surface area contributed by atoms with Gasteiger partial charge in [0.15, 0.2) is 0 Å². The van der Waals surface area contributed by atoms with Crippen molar-refractivity contribution >= 4 is 0 Å². The quantitative estimate of drug-likeness (QED) is 0.718. The molecule has 1 fully saturated rings. The molecule has 0 atom stereocenters. The molecule has 0 saturated carbocycles. The number of hydrogen-bond acceptors (Lipinski definition) is 2. The van der Waals surface area contributed by atoms with E-state index >= 15 is 0 Å². The van der Waals surface area contributed by atoms with Crippen molar-refractivity contribution in [1.29, 1.82) is 0 Å². The van der Waals surface area contributed by atoms with E-state index in [9.17, 15) is 13.2 Å². The Bertz CT molecular complexity index is 490. The Morgan fingerprint density at radius 2 is 1.89 bits per heavy atom. The minimum atomic E-state index is -4.29. The van der Waals surface area contributed by atoms with E-state index < -0.39 is 17.3 Å². The fraction of sp³-hybridized carbons (Fsp3) is 0.571. The molecule has 0 amide bonds. The molecule has 104 valence electrons. The number of benzene rings is 1. The maximum atomic E-state index is 12.8.